The van der Waals surface area contributed by atoms with Crippen LogP contribution in [0.15, 0.2) is 18.5 Å². The van der Waals surface area contributed by atoms with Crippen LogP contribution in [0.4, 0.5) is 0 Å². The van der Waals surface area contributed by atoms with Gasteiger partial charge in [0.25, 0.3) is 0 Å². The molecule has 3 heterocycles. The monoisotopic (exact) mass is 292 g/mol. The predicted octanol–water partition coefficient (Wildman–Crippen LogP) is 2.90. The van der Waals surface area contributed by atoms with Crippen LogP contribution in [0, 0.1) is 5.92 Å². The minimum absolute atomic E-state index is 0.450. The number of nitrogens with zero attached hydrogens (tertiary/aromatic N) is 4. The highest BCUT2D eigenvalue weighted by Crippen LogP contribution is 2.19. The zero-order chi connectivity index (χ0) is 13.9. The number of hydrogen-bond donors (Lipinski definition) is 0. The third-order valence-electron chi connectivity index (χ3n) is 4.01. The summed E-state index contributed by atoms with van der Waals surface area (Å²) >= 11 is 6.04. The smallest absolute Gasteiger partial charge is 0.124 e. The van der Waals surface area contributed by atoms with E-state index in [1.54, 1.807) is 0 Å². The van der Waals surface area contributed by atoms with E-state index in [0.29, 0.717) is 11.8 Å². The van der Waals surface area contributed by atoms with Crippen LogP contribution in [-0.2, 0) is 12.4 Å². The molecule has 0 N–H and O–H groups in total. The molecule has 3 rings (SSSR count). The van der Waals surface area contributed by atoms with Gasteiger partial charge >= 0.3 is 0 Å². The second-order valence-corrected chi connectivity index (χ2v) is 6.02. The quantitative estimate of drug-likeness (QED) is 0.795. The fraction of sp³-hybridized carbons (Fsp3) is 0.600. The van der Waals surface area contributed by atoms with Crippen LogP contribution in [0.1, 0.15) is 25.6 Å². The molecular formula is C15H21ClN4. The van der Waals surface area contributed by atoms with Crippen molar-refractivity contribution in [1.29, 1.82) is 0 Å². The van der Waals surface area contributed by atoms with Crippen LogP contribution < -0.4 is 0 Å². The molecule has 0 aromatic carbocycles. The van der Waals surface area contributed by atoms with E-state index in [1.807, 2.05) is 18.5 Å². The molecule has 5 heteroatoms. The van der Waals surface area contributed by atoms with Gasteiger partial charge in [-0.25, -0.2) is 4.98 Å². The van der Waals surface area contributed by atoms with Gasteiger partial charge in [0.05, 0.1) is 17.6 Å². The fourth-order valence-electron chi connectivity index (χ4n) is 3.11. The Morgan fingerprint density at radius 2 is 2.10 bits per heavy atom. The minimum Gasteiger partial charge on any atom is -0.327 e. The van der Waals surface area contributed by atoms with Gasteiger partial charge in [-0.3, -0.25) is 4.98 Å². The lowest BCUT2D eigenvalue weighted by molar-refractivity contribution is 0.272. The molecule has 2 aromatic rings. The molecule has 2 aromatic heterocycles. The van der Waals surface area contributed by atoms with Crippen molar-refractivity contribution in [2.24, 2.45) is 5.92 Å². The summed E-state index contributed by atoms with van der Waals surface area (Å²) in [6.45, 7) is 6.94. The van der Waals surface area contributed by atoms with Crippen molar-refractivity contribution in [3.05, 3.63) is 24.3 Å². The lowest BCUT2D eigenvalue weighted by atomic mass is 10.1. The Morgan fingerprint density at radius 1 is 1.30 bits per heavy atom. The lowest BCUT2D eigenvalue weighted by Crippen LogP contribution is -2.27. The number of rotatable bonds is 5. The molecule has 0 radical (unpaired) electrons. The first kappa shape index (κ1) is 13.8. The first-order valence-corrected chi connectivity index (χ1v) is 7.89. The molecule has 1 saturated heterocycles. The number of alkyl halides is 1. The summed E-state index contributed by atoms with van der Waals surface area (Å²) in [6, 6.07) is 2.03. The lowest BCUT2D eigenvalue weighted by Gasteiger charge is -2.21. The molecule has 0 bridgehead atoms. The maximum atomic E-state index is 6.04. The molecule has 1 aliphatic rings. The van der Waals surface area contributed by atoms with Gasteiger partial charge in [0, 0.05) is 19.3 Å². The molecule has 0 amide bonds. The Hall–Kier alpha value is -1.13. The van der Waals surface area contributed by atoms with Crippen molar-refractivity contribution in [2.45, 2.75) is 32.2 Å². The van der Waals surface area contributed by atoms with Crippen molar-refractivity contribution >= 4 is 22.6 Å². The molecule has 1 fully saturated rings. The number of imidazole rings is 1. The highest BCUT2D eigenvalue weighted by molar-refractivity contribution is 6.16. The first-order valence-electron chi connectivity index (χ1n) is 7.35. The molecule has 4 nitrogen and oxygen atoms in total. The molecule has 1 atom stereocenters. The molecule has 0 spiro atoms. The summed E-state index contributed by atoms with van der Waals surface area (Å²) in [5.41, 5.74) is 2.08. The summed E-state index contributed by atoms with van der Waals surface area (Å²) in [5.74, 6) is 1.99. The number of pyridine rings is 1. The van der Waals surface area contributed by atoms with E-state index in [-0.39, 0.29) is 0 Å². The van der Waals surface area contributed by atoms with Crippen LogP contribution in [0.3, 0.4) is 0 Å². The number of fused-ring (bicyclic) bond motifs is 1. The molecule has 20 heavy (non-hydrogen) atoms. The number of hydrogen-bond acceptors (Lipinski definition) is 3. The van der Waals surface area contributed by atoms with Crippen molar-refractivity contribution < 1.29 is 0 Å². The van der Waals surface area contributed by atoms with Crippen LogP contribution in [0.25, 0.3) is 11.0 Å². The van der Waals surface area contributed by atoms with Crippen LogP contribution in [-0.4, -0.2) is 39.1 Å². The number of halogens is 1. The SMILES string of the molecule is CC(CN1CCCC1)Cn1c(CCl)nc2cnccc21. The maximum absolute atomic E-state index is 6.04. The van der Waals surface area contributed by atoms with E-state index in [1.165, 1.54) is 25.9 Å². The van der Waals surface area contributed by atoms with Gasteiger partial charge in [-0.05, 0) is 37.9 Å². The second-order valence-electron chi connectivity index (χ2n) is 5.75. The van der Waals surface area contributed by atoms with Crippen molar-refractivity contribution in [3.8, 4) is 0 Å². The van der Waals surface area contributed by atoms with Gasteiger partial charge in [0.1, 0.15) is 11.3 Å². The van der Waals surface area contributed by atoms with Gasteiger partial charge in [0.2, 0.25) is 0 Å². The summed E-state index contributed by atoms with van der Waals surface area (Å²) < 4.78 is 2.25. The van der Waals surface area contributed by atoms with Crippen LogP contribution in [0.2, 0.25) is 0 Å². The Balaban J connectivity index is 1.78. The van der Waals surface area contributed by atoms with Gasteiger partial charge < -0.3 is 9.47 Å². The first-order chi connectivity index (χ1) is 9.78. The zero-order valence-corrected chi connectivity index (χ0v) is 12.7. The van der Waals surface area contributed by atoms with E-state index in [4.69, 9.17) is 11.6 Å². The van der Waals surface area contributed by atoms with Gasteiger partial charge in [-0.15, -0.1) is 11.6 Å². The van der Waals surface area contributed by atoms with E-state index in [9.17, 15) is 0 Å². The predicted molar refractivity (Wildman–Crippen MR) is 81.9 cm³/mol. The molecule has 108 valence electrons. The Bertz CT molecular complexity index is 574. The molecule has 0 aliphatic carbocycles. The third kappa shape index (κ3) is 2.81. The third-order valence-corrected chi connectivity index (χ3v) is 4.25. The fourth-order valence-corrected chi connectivity index (χ4v) is 3.32. The van der Waals surface area contributed by atoms with Crippen molar-refractivity contribution in [1.82, 2.24) is 19.4 Å². The van der Waals surface area contributed by atoms with Crippen LogP contribution in [0.5, 0.6) is 0 Å². The maximum Gasteiger partial charge on any atom is 0.124 e. The van der Waals surface area contributed by atoms with E-state index < -0.39 is 0 Å². The molecule has 0 saturated carbocycles. The van der Waals surface area contributed by atoms with E-state index in [0.717, 1.165) is 29.9 Å². The summed E-state index contributed by atoms with van der Waals surface area (Å²) in [5, 5.41) is 0. The average molecular weight is 293 g/mol. The van der Waals surface area contributed by atoms with Gasteiger partial charge in [-0.1, -0.05) is 6.92 Å². The normalized spacial score (nSPS) is 17.9. The van der Waals surface area contributed by atoms with E-state index >= 15 is 0 Å². The standard InChI is InChI=1S/C15H21ClN4/c1-12(10-19-6-2-3-7-19)11-20-14-4-5-17-9-13(14)18-15(20)8-16/h4-5,9,12H,2-3,6-8,10-11H2,1H3. The highest BCUT2D eigenvalue weighted by Gasteiger charge is 2.17. The van der Waals surface area contributed by atoms with Gasteiger partial charge in [-0.2, -0.15) is 0 Å². The molecule has 1 unspecified atom stereocenters. The topological polar surface area (TPSA) is 34.0 Å². The number of aromatic nitrogens is 3. The van der Waals surface area contributed by atoms with Gasteiger partial charge in [0.15, 0.2) is 0 Å². The van der Waals surface area contributed by atoms with Crippen LogP contribution >= 0.6 is 11.6 Å². The molecule has 1 aliphatic heterocycles. The largest absolute Gasteiger partial charge is 0.327 e. The molecular weight excluding hydrogens is 272 g/mol. The van der Waals surface area contributed by atoms with Crippen molar-refractivity contribution in [2.75, 3.05) is 19.6 Å². The summed E-state index contributed by atoms with van der Waals surface area (Å²) in [7, 11) is 0. The van der Waals surface area contributed by atoms with E-state index in [2.05, 4.69) is 26.4 Å². The minimum atomic E-state index is 0.450. The summed E-state index contributed by atoms with van der Waals surface area (Å²) in [6.07, 6.45) is 6.33. The average Bonchev–Trinajstić information content (AvgIpc) is 3.07. The Kier molecular flexibility index (Phi) is 4.22. The number of likely N-dealkylation sites (tertiary alicyclic amines) is 1. The summed E-state index contributed by atoms with van der Waals surface area (Å²) in [4.78, 5) is 11.3. The highest BCUT2D eigenvalue weighted by atomic mass is 35.5. The second kappa shape index (κ2) is 6.10. The Labute approximate surface area is 124 Å². The zero-order valence-electron chi connectivity index (χ0n) is 11.9. The van der Waals surface area contributed by atoms with Crippen molar-refractivity contribution in [3.63, 3.8) is 0 Å². The Morgan fingerprint density at radius 3 is 2.85 bits per heavy atom.